The summed E-state index contributed by atoms with van der Waals surface area (Å²) in [4.78, 5) is 0. The van der Waals surface area contributed by atoms with Gasteiger partial charge >= 0.3 is 0 Å². The minimum absolute atomic E-state index is 0.609. The van der Waals surface area contributed by atoms with Gasteiger partial charge in [0.15, 0.2) is 0 Å². The molecule has 0 bridgehead atoms. The number of hydrogen-bond acceptors (Lipinski definition) is 0. The van der Waals surface area contributed by atoms with Crippen LogP contribution in [0.15, 0.2) is 0 Å². The number of hydrogen-bond donors (Lipinski definition) is 0. The summed E-state index contributed by atoms with van der Waals surface area (Å²) in [5.41, 5.74) is 0.609. The van der Waals surface area contributed by atoms with E-state index in [4.69, 9.17) is 0 Å². The normalized spacial score (nSPS) is 39.6. The molecule has 1 aliphatic rings. The molecule has 0 heterocycles. The highest BCUT2D eigenvalue weighted by Gasteiger charge is 2.32. The maximum atomic E-state index is 2.41. The minimum atomic E-state index is 0.609. The van der Waals surface area contributed by atoms with Gasteiger partial charge in [0, 0.05) is 0 Å². The first-order valence-corrected chi connectivity index (χ1v) is 4.54. The van der Waals surface area contributed by atoms with Crippen molar-refractivity contribution in [1.82, 2.24) is 0 Å². The molecular weight excluding hydrogens is 120 g/mol. The second-order valence-corrected chi connectivity index (χ2v) is 4.65. The van der Waals surface area contributed by atoms with Crippen molar-refractivity contribution in [1.29, 1.82) is 0 Å². The lowest BCUT2D eigenvalue weighted by Gasteiger charge is -2.40. The first kappa shape index (κ1) is 8.10. The first-order valence-electron chi connectivity index (χ1n) is 4.54. The molecule has 60 valence electrons. The van der Waals surface area contributed by atoms with Crippen LogP contribution < -0.4 is 0 Å². The van der Waals surface area contributed by atoms with Crippen LogP contribution in [0.25, 0.3) is 0 Å². The Morgan fingerprint density at radius 3 is 2.20 bits per heavy atom. The third-order valence-electron chi connectivity index (χ3n) is 3.57. The Hall–Kier alpha value is 0. The van der Waals surface area contributed by atoms with Crippen molar-refractivity contribution < 1.29 is 0 Å². The summed E-state index contributed by atoms with van der Waals surface area (Å²) in [5, 5.41) is 0. The molecule has 1 fully saturated rings. The van der Waals surface area contributed by atoms with Crippen molar-refractivity contribution in [2.24, 2.45) is 17.3 Å². The van der Waals surface area contributed by atoms with Crippen LogP contribution in [0.5, 0.6) is 0 Å². The standard InChI is InChI=1S/C10H20/c1-8-6-5-7-10(3,4)9(8)2/h8-9H,5-7H2,1-4H3/t8-,9?/m0/s1. The van der Waals surface area contributed by atoms with Gasteiger partial charge in [0.1, 0.15) is 0 Å². The Morgan fingerprint density at radius 1 is 1.20 bits per heavy atom. The van der Waals surface area contributed by atoms with E-state index in [9.17, 15) is 0 Å². The molecule has 2 atom stereocenters. The molecule has 1 rings (SSSR count). The molecule has 0 saturated heterocycles. The van der Waals surface area contributed by atoms with Gasteiger partial charge in [-0.2, -0.15) is 0 Å². The van der Waals surface area contributed by atoms with Crippen LogP contribution >= 0.6 is 0 Å². The Morgan fingerprint density at radius 2 is 1.80 bits per heavy atom. The fourth-order valence-electron chi connectivity index (χ4n) is 2.13. The molecule has 10 heavy (non-hydrogen) atoms. The van der Waals surface area contributed by atoms with E-state index in [0.717, 1.165) is 11.8 Å². The van der Waals surface area contributed by atoms with E-state index in [1.807, 2.05) is 0 Å². The minimum Gasteiger partial charge on any atom is -0.0622 e. The van der Waals surface area contributed by atoms with Crippen LogP contribution in [0.3, 0.4) is 0 Å². The van der Waals surface area contributed by atoms with Crippen LogP contribution in [-0.4, -0.2) is 0 Å². The fourth-order valence-corrected chi connectivity index (χ4v) is 2.13. The average molecular weight is 140 g/mol. The van der Waals surface area contributed by atoms with E-state index < -0.39 is 0 Å². The zero-order valence-electron chi connectivity index (χ0n) is 7.78. The second kappa shape index (κ2) is 2.56. The van der Waals surface area contributed by atoms with Crippen molar-refractivity contribution in [3.8, 4) is 0 Å². The van der Waals surface area contributed by atoms with Gasteiger partial charge in [0.2, 0.25) is 0 Å². The van der Waals surface area contributed by atoms with Crippen LogP contribution in [-0.2, 0) is 0 Å². The molecule has 0 aromatic rings. The largest absolute Gasteiger partial charge is 0.0622 e. The summed E-state index contributed by atoms with van der Waals surface area (Å²) in [6, 6.07) is 0. The van der Waals surface area contributed by atoms with Gasteiger partial charge in [-0.1, -0.05) is 40.5 Å². The molecule has 0 nitrogen and oxygen atoms in total. The molecular formula is C10H20. The summed E-state index contributed by atoms with van der Waals surface area (Å²) in [5.74, 6) is 1.87. The van der Waals surface area contributed by atoms with Gasteiger partial charge in [0.25, 0.3) is 0 Å². The quantitative estimate of drug-likeness (QED) is 0.483. The van der Waals surface area contributed by atoms with E-state index in [2.05, 4.69) is 27.7 Å². The fraction of sp³-hybridized carbons (Fsp3) is 1.00. The lowest BCUT2D eigenvalue weighted by Crippen LogP contribution is -2.31. The van der Waals surface area contributed by atoms with Crippen molar-refractivity contribution in [2.45, 2.75) is 47.0 Å². The molecule has 0 spiro atoms. The van der Waals surface area contributed by atoms with Gasteiger partial charge in [-0.25, -0.2) is 0 Å². The predicted octanol–water partition coefficient (Wildman–Crippen LogP) is 3.47. The van der Waals surface area contributed by atoms with Crippen LogP contribution in [0.4, 0.5) is 0 Å². The van der Waals surface area contributed by atoms with Gasteiger partial charge in [-0.15, -0.1) is 0 Å². The van der Waals surface area contributed by atoms with Crippen LogP contribution in [0, 0.1) is 17.3 Å². The van der Waals surface area contributed by atoms with Crippen molar-refractivity contribution in [2.75, 3.05) is 0 Å². The van der Waals surface area contributed by atoms with E-state index in [1.54, 1.807) is 0 Å². The van der Waals surface area contributed by atoms with Gasteiger partial charge < -0.3 is 0 Å². The molecule has 1 saturated carbocycles. The Balaban J connectivity index is 2.60. The highest BCUT2D eigenvalue weighted by atomic mass is 14.4. The third kappa shape index (κ3) is 1.36. The van der Waals surface area contributed by atoms with Crippen molar-refractivity contribution in [3.63, 3.8) is 0 Å². The molecule has 1 aliphatic carbocycles. The third-order valence-corrected chi connectivity index (χ3v) is 3.57. The SMILES string of the molecule is CC1[C@@H](C)CCCC1(C)C. The molecule has 1 unspecified atom stereocenters. The number of rotatable bonds is 0. The monoisotopic (exact) mass is 140 g/mol. The summed E-state index contributed by atoms with van der Waals surface area (Å²) < 4.78 is 0. The van der Waals surface area contributed by atoms with Crippen molar-refractivity contribution >= 4 is 0 Å². The molecule has 0 aromatic carbocycles. The summed E-state index contributed by atoms with van der Waals surface area (Å²) >= 11 is 0. The molecule has 0 aliphatic heterocycles. The molecule has 0 amide bonds. The summed E-state index contributed by atoms with van der Waals surface area (Å²) in [7, 11) is 0. The lowest BCUT2D eigenvalue weighted by molar-refractivity contribution is 0.0996. The zero-order chi connectivity index (χ0) is 7.78. The average Bonchev–Trinajstić information content (AvgIpc) is 1.83. The van der Waals surface area contributed by atoms with Crippen molar-refractivity contribution in [3.05, 3.63) is 0 Å². The highest BCUT2D eigenvalue weighted by Crippen LogP contribution is 2.43. The maximum absolute atomic E-state index is 2.41. The zero-order valence-corrected chi connectivity index (χ0v) is 7.78. The highest BCUT2D eigenvalue weighted by molar-refractivity contribution is 4.83. The van der Waals surface area contributed by atoms with Gasteiger partial charge in [-0.05, 0) is 23.7 Å². The predicted molar refractivity (Wildman–Crippen MR) is 46.0 cm³/mol. The Labute approximate surface area is 65.0 Å². The molecule has 0 N–H and O–H groups in total. The topological polar surface area (TPSA) is 0 Å². The van der Waals surface area contributed by atoms with Gasteiger partial charge in [0.05, 0.1) is 0 Å². The summed E-state index contributed by atoms with van der Waals surface area (Å²) in [6.07, 6.45) is 4.32. The van der Waals surface area contributed by atoms with E-state index in [0.29, 0.717) is 5.41 Å². The first-order chi connectivity index (χ1) is 4.54. The van der Waals surface area contributed by atoms with E-state index >= 15 is 0 Å². The summed E-state index contributed by atoms with van der Waals surface area (Å²) in [6.45, 7) is 9.62. The van der Waals surface area contributed by atoms with Crippen LogP contribution in [0.2, 0.25) is 0 Å². The Kier molecular flexibility index (Phi) is 2.07. The lowest BCUT2D eigenvalue weighted by atomic mass is 9.65. The van der Waals surface area contributed by atoms with Gasteiger partial charge in [-0.3, -0.25) is 0 Å². The molecule has 0 radical (unpaired) electrons. The molecule has 0 aromatic heterocycles. The smallest absolute Gasteiger partial charge is 0.0326 e. The maximum Gasteiger partial charge on any atom is -0.0326 e. The van der Waals surface area contributed by atoms with E-state index in [1.165, 1.54) is 19.3 Å². The van der Waals surface area contributed by atoms with E-state index in [-0.39, 0.29) is 0 Å². The van der Waals surface area contributed by atoms with Crippen LogP contribution in [0.1, 0.15) is 47.0 Å². The Bertz CT molecular complexity index is 113. The molecule has 0 heteroatoms. The second-order valence-electron chi connectivity index (χ2n) is 4.65.